The zero-order valence-electron chi connectivity index (χ0n) is 6.72. The molecule has 2 aromatic heterocycles. The number of aryl methyl sites for hydroxylation is 1. The van der Waals surface area contributed by atoms with Gasteiger partial charge in [0.05, 0.1) is 0 Å². The number of thioether (sulfide) groups is 1. The fourth-order valence-electron chi connectivity index (χ4n) is 0.956. The van der Waals surface area contributed by atoms with E-state index in [-0.39, 0.29) is 0 Å². The van der Waals surface area contributed by atoms with Gasteiger partial charge in [-0.25, -0.2) is 4.98 Å². The Bertz CT molecular complexity index is 409. The van der Waals surface area contributed by atoms with Crippen LogP contribution in [0.3, 0.4) is 0 Å². The molecule has 2 rings (SSSR count). The van der Waals surface area contributed by atoms with Gasteiger partial charge in [0.1, 0.15) is 5.03 Å². The maximum absolute atomic E-state index is 4.20. The Balaban J connectivity index is 2.75. The van der Waals surface area contributed by atoms with Gasteiger partial charge < -0.3 is 0 Å². The minimum Gasteiger partial charge on any atom is -0.203 e. The molecule has 2 heterocycles. The summed E-state index contributed by atoms with van der Waals surface area (Å²) < 4.78 is 1.61. The Kier molecular flexibility index (Phi) is 1.69. The predicted octanol–water partition coefficient (Wildman–Crippen LogP) is 0.550. The number of rotatable bonds is 1. The van der Waals surface area contributed by atoms with E-state index in [1.807, 2.05) is 19.2 Å². The Hall–Kier alpha value is -1.17. The molecule has 0 saturated heterocycles. The Labute approximate surface area is 73.2 Å². The van der Waals surface area contributed by atoms with Crippen LogP contribution in [0.5, 0.6) is 0 Å². The van der Waals surface area contributed by atoms with E-state index in [1.54, 1.807) is 16.3 Å². The van der Waals surface area contributed by atoms with Crippen LogP contribution in [0.4, 0.5) is 0 Å². The number of aromatic nitrogens is 5. The van der Waals surface area contributed by atoms with Crippen LogP contribution in [0.1, 0.15) is 5.69 Å². The molecule has 0 aliphatic heterocycles. The molecular formula is C6H7N5S. The lowest BCUT2D eigenvalue weighted by molar-refractivity contribution is 0.794. The third kappa shape index (κ3) is 1.04. The zero-order valence-corrected chi connectivity index (χ0v) is 7.54. The molecule has 0 N–H and O–H groups in total. The molecule has 0 atom stereocenters. The van der Waals surface area contributed by atoms with Gasteiger partial charge >= 0.3 is 0 Å². The van der Waals surface area contributed by atoms with E-state index in [0.717, 1.165) is 10.7 Å². The van der Waals surface area contributed by atoms with E-state index in [4.69, 9.17) is 0 Å². The summed E-state index contributed by atoms with van der Waals surface area (Å²) in [6, 6.07) is 1.95. The Morgan fingerprint density at radius 2 is 2.33 bits per heavy atom. The van der Waals surface area contributed by atoms with Crippen LogP contribution in [0, 0.1) is 6.92 Å². The van der Waals surface area contributed by atoms with Gasteiger partial charge in [0, 0.05) is 5.69 Å². The van der Waals surface area contributed by atoms with E-state index < -0.39 is 0 Å². The van der Waals surface area contributed by atoms with Gasteiger partial charge in [0.25, 0.3) is 5.78 Å². The van der Waals surface area contributed by atoms with E-state index in [1.165, 1.54) is 0 Å². The van der Waals surface area contributed by atoms with Crippen molar-refractivity contribution in [2.24, 2.45) is 0 Å². The van der Waals surface area contributed by atoms with Crippen molar-refractivity contribution in [1.82, 2.24) is 25.0 Å². The van der Waals surface area contributed by atoms with Crippen molar-refractivity contribution >= 4 is 17.5 Å². The maximum Gasteiger partial charge on any atom is 0.274 e. The largest absolute Gasteiger partial charge is 0.274 e. The number of nitrogens with zero attached hydrogens (tertiary/aromatic N) is 5. The molecule has 0 saturated carbocycles. The van der Waals surface area contributed by atoms with E-state index in [0.29, 0.717) is 5.78 Å². The van der Waals surface area contributed by atoms with Crippen molar-refractivity contribution in [3.05, 3.63) is 11.8 Å². The predicted molar refractivity (Wildman–Crippen MR) is 45.1 cm³/mol. The lowest BCUT2D eigenvalue weighted by Crippen LogP contribution is -1.96. The number of tetrazole rings is 1. The highest BCUT2D eigenvalue weighted by atomic mass is 32.2. The smallest absolute Gasteiger partial charge is 0.203 e. The summed E-state index contributed by atoms with van der Waals surface area (Å²) in [5, 5.41) is 12.0. The monoisotopic (exact) mass is 181 g/mol. The molecule has 0 fully saturated rings. The van der Waals surface area contributed by atoms with Gasteiger partial charge in [-0.05, 0) is 29.7 Å². The first kappa shape index (κ1) is 7.48. The van der Waals surface area contributed by atoms with E-state index in [9.17, 15) is 0 Å². The third-order valence-corrected chi connectivity index (χ3v) is 2.17. The molecule has 0 bridgehead atoms. The zero-order chi connectivity index (χ0) is 8.55. The fourth-order valence-corrected chi connectivity index (χ4v) is 1.42. The van der Waals surface area contributed by atoms with Crippen LogP contribution in [0.2, 0.25) is 0 Å². The lowest BCUT2D eigenvalue weighted by Gasteiger charge is -1.97. The average molecular weight is 181 g/mol. The highest BCUT2D eigenvalue weighted by Crippen LogP contribution is 2.12. The van der Waals surface area contributed by atoms with Gasteiger partial charge in [-0.15, -0.1) is 11.8 Å². The van der Waals surface area contributed by atoms with Crippen molar-refractivity contribution in [3.8, 4) is 0 Å². The van der Waals surface area contributed by atoms with Crippen molar-refractivity contribution in [2.75, 3.05) is 6.26 Å². The number of fused-ring (bicyclic) bond motifs is 1. The van der Waals surface area contributed by atoms with Crippen LogP contribution in [0.25, 0.3) is 5.78 Å². The summed E-state index contributed by atoms with van der Waals surface area (Å²) in [6.45, 7) is 1.95. The van der Waals surface area contributed by atoms with Crippen LogP contribution >= 0.6 is 11.8 Å². The molecule has 12 heavy (non-hydrogen) atoms. The highest BCUT2D eigenvalue weighted by molar-refractivity contribution is 7.98. The van der Waals surface area contributed by atoms with Crippen molar-refractivity contribution < 1.29 is 0 Å². The van der Waals surface area contributed by atoms with E-state index >= 15 is 0 Å². The molecular weight excluding hydrogens is 174 g/mol. The molecule has 62 valence electrons. The second kappa shape index (κ2) is 2.71. The topological polar surface area (TPSA) is 56.0 Å². The van der Waals surface area contributed by atoms with Gasteiger partial charge in [0.2, 0.25) is 0 Å². The van der Waals surface area contributed by atoms with Gasteiger partial charge in [0.15, 0.2) is 0 Å². The molecule has 2 aromatic rings. The molecule has 6 heteroatoms. The maximum atomic E-state index is 4.20. The van der Waals surface area contributed by atoms with Gasteiger partial charge in [-0.1, -0.05) is 5.10 Å². The molecule has 0 amide bonds. The van der Waals surface area contributed by atoms with E-state index in [2.05, 4.69) is 20.5 Å². The average Bonchev–Trinajstić information content (AvgIpc) is 2.52. The summed E-state index contributed by atoms with van der Waals surface area (Å²) in [6.07, 6.45) is 1.97. The lowest BCUT2D eigenvalue weighted by atomic mass is 10.5. The SMILES string of the molecule is CSc1cc(C)n2nnnc2n1. The second-order valence-corrected chi connectivity index (χ2v) is 3.16. The standard InChI is InChI=1S/C6H7N5S/c1-4-3-5(12-2)7-6-8-9-10-11(4)6/h3H,1-2H3. The van der Waals surface area contributed by atoms with Crippen LogP contribution < -0.4 is 0 Å². The first-order valence-electron chi connectivity index (χ1n) is 3.41. The molecule has 0 unspecified atom stereocenters. The van der Waals surface area contributed by atoms with Gasteiger partial charge in [-0.2, -0.15) is 4.52 Å². The molecule has 5 nitrogen and oxygen atoms in total. The molecule has 0 aliphatic carbocycles. The van der Waals surface area contributed by atoms with Gasteiger partial charge in [-0.3, -0.25) is 0 Å². The third-order valence-electron chi connectivity index (χ3n) is 1.54. The summed E-state index contributed by atoms with van der Waals surface area (Å²) in [5.74, 6) is 0.555. The summed E-state index contributed by atoms with van der Waals surface area (Å²) in [7, 11) is 0. The van der Waals surface area contributed by atoms with Crippen LogP contribution in [0.15, 0.2) is 11.1 Å². The van der Waals surface area contributed by atoms with Crippen molar-refractivity contribution in [3.63, 3.8) is 0 Å². The number of hydrogen-bond donors (Lipinski definition) is 0. The summed E-state index contributed by atoms with van der Waals surface area (Å²) >= 11 is 1.58. The van der Waals surface area contributed by atoms with Crippen LogP contribution in [-0.4, -0.2) is 31.3 Å². The Morgan fingerprint density at radius 3 is 3.08 bits per heavy atom. The molecule has 0 aromatic carbocycles. The molecule has 0 aliphatic rings. The minimum absolute atomic E-state index is 0.555. The first-order valence-corrected chi connectivity index (χ1v) is 4.63. The molecule has 0 radical (unpaired) electrons. The highest BCUT2D eigenvalue weighted by Gasteiger charge is 2.03. The van der Waals surface area contributed by atoms with Crippen LogP contribution in [-0.2, 0) is 0 Å². The quantitative estimate of drug-likeness (QED) is 0.475. The van der Waals surface area contributed by atoms with Crippen molar-refractivity contribution in [1.29, 1.82) is 0 Å². The number of hydrogen-bond acceptors (Lipinski definition) is 5. The second-order valence-electron chi connectivity index (χ2n) is 2.33. The van der Waals surface area contributed by atoms with Crippen molar-refractivity contribution in [2.45, 2.75) is 11.9 Å². The fraction of sp³-hybridized carbons (Fsp3) is 0.333. The Morgan fingerprint density at radius 1 is 1.50 bits per heavy atom. The summed E-state index contributed by atoms with van der Waals surface area (Å²) in [5.41, 5.74) is 0.995. The molecule has 0 spiro atoms. The normalized spacial score (nSPS) is 10.8. The minimum atomic E-state index is 0.555. The first-order chi connectivity index (χ1) is 5.81. The summed E-state index contributed by atoms with van der Waals surface area (Å²) in [4.78, 5) is 4.20.